The Morgan fingerprint density at radius 3 is 2.32 bits per heavy atom. The van der Waals surface area contributed by atoms with Gasteiger partial charge < -0.3 is 4.74 Å². The Morgan fingerprint density at radius 2 is 1.89 bits per heavy atom. The smallest absolute Gasteiger partial charge is 0.414 e. The van der Waals surface area contributed by atoms with Crippen LogP contribution >= 0.6 is 0 Å². The Kier molecular flexibility index (Phi) is 3.83. The number of carbonyl (C=O) groups is 1. The number of hydrogen-bond acceptors (Lipinski definition) is 2. The van der Waals surface area contributed by atoms with Crippen molar-refractivity contribution in [2.75, 3.05) is 11.4 Å². The molecular formula is C16H23NO2. The summed E-state index contributed by atoms with van der Waals surface area (Å²) in [6.45, 7) is 11.3. The van der Waals surface area contributed by atoms with Gasteiger partial charge in [0.2, 0.25) is 0 Å². The van der Waals surface area contributed by atoms with Crippen LogP contribution in [0.25, 0.3) is 0 Å². The van der Waals surface area contributed by atoms with Gasteiger partial charge in [0.25, 0.3) is 0 Å². The van der Waals surface area contributed by atoms with Crippen molar-refractivity contribution in [1.29, 1.82) is 0 Å². The molecule has 1 saturated heterocycles. The van der Waals surface area contributed by atoms with Gasteiger partial charge in [-0.15, -0.1) is 0 Å². The highest BCUT2D eigenvalue weighted by molar-refractivity contribution is 5.90. The Hall–Kier alpha value is -1.51. The van der Waals surface area contributed by atoms with E-state index in [4.69, 9.17) is 4.74 Å². The fraction of sp³-hybridized carbons (Fsp3) is 0.562. The minimum atomic E-state index is -0.219. The molecule has 1 atom stereocenters. The second-order valence-electron chi connectivity index (χ2n) is 5.67. The standard InChI is InChI=1S/C16H23NO2/c1-6-14-9-17(16(18)19-14)13-7-11(4)15(10(2)3)12(5)8-13/h7-8,10,14H,6,9H2,1-5H3. The minimum Gasteiger partial charge on any atom is -0.444 e. The summed E-state index contributed by atoms with van der Waals surface area (Å²) in [6, 6.07) is 4.20. The van der Waals surface area contributed by atoms with Gasteiger partial charge in [0.05, 0.1) is 6.54 Å². The van der Waals surface area contributed by atoms with E-state index in [1.807, 2.05) is 6.92 Å². The van der Waals surface area contributed by atoms with Crippen molar-refractivity contribution in [2.45, 2.75) is 53.1 Å². The lowest BCUT2D eigenvalue weighted by molar-refractivity contribution is 0.139. The van der Waals surface area contributed by atoms with E-state index in [1.165, 1.54) is 16.7 Å². The van der Waals surface area contributed by atoms with E-state index < -0.39 is 0 Å². The van der Waals surface area contributed by atoms with E-state index in [0.717, 1.165) is 12.1 Å². The third-order valence-corrected chi connectivity index (χ3v) is 3.80. The van der Waals surface area contributed by atoms with Crippen molar-refractivity contribution in [3.63, 3.8) is 0 Å². The number of rotatable bonds is 3. The highest BCUT2D eigenvalue weighted by Gasteiger charge is 2.31. The number of aryl methyl sites for hydroxylation is 2. The van der Waals surface area contributed by atoms with Gasteiger partial charge in [0.15, 0.2) is 0 Å². The molecule has 0 aliphatic carbocycles. The van der Waals surface area contributed by atoms with Crippen LogP contribution in [-0.2, 0) is 4.74 Å². The summed E-state index contributed by atoms with van der Waals surface area (Å²) in [5.41, 5.74) is 4.83. The van der Waals surface area contributed by atoms with Crippen molar-refractivity contribution in [3.8, 4) is 0 Å². The topological polar surface area (TPSA) is 29.5 Å². The molecule has 1 aromatic rings. The number of nitrogens with zero attached hydrogens (tertiary/aromatic N) is 1. The molecule has 1 amide bonds. The number of anilines is 1. The van der Waals surface area contributed by atoms with Gasteiger partial charge >= 0.3 is 6.09 Å². The summed E-state index contributed by atoms with van der Waals surface area (Å²) in [7, 11) is 0. The molecule has 0 bridgehead atoms. The van der Waals surface area contributed by atoms with Crippen molar-refractivity contribution in [3.05, 3.63) is 28.8 Å². The number of cyclic esters (lactones) is 1. The molecule has 1 heterocycles. The fourth-order valence-electron chi connectivity index (χ4n) is 2.96. The van der Waals surface area contributed by atoms with Crippen molar-refractivity contribution < 1.29 is 9.53 Å². The summed E-state index contributed by atoms with van der Waals surface area (Å²) < 4.78 is 5.32. The Morgan fingerprint density at radius 1 is 1.32 bits per heavy atom. The van der Waals surface area contributed by atoms with E-state index >= 15 is 0 Å². The number of carbonyl (C=O) groups excluding carboxylic acids is 1. The predicted molar refractivity (Wildman–Crippen MR) is 77.9 cm³/mol. The first kappa shape index (κ1) is 13.9. The third kappa shape index (κ3) is 2.60. The van der Waals surface area contributed by atoms with Gasteiger partial charge in [-0.05, 0) is 55.0 Å². The largest absolute Gasteiger partial charge is 0.444 e. The van der Waals surface area contributed by atoms with Gasteiger partial charge in [-0.3, -0.25) is 4.90 Å². The van der Waals surface area contributed by atoms with Crippen LogP contribution in [0.4, 0.5) is 10.5 Å². The zero-order valence-corrected chi connectivity index (χ0v) is 12.5. The van der Waals surface area contributed by atoms with Crippen LogP contribution in [-0.4, -0.2) is 18.7 Å². The second kappa shape index (κ2) is 5.24. The van der Waals surface area contributed by atoms with Gasteiger partial charge in [0, 0.05) is 5.69 Å². The van der Waals surface area contributed by atoms with Gasteiger partial charge in [-0.1, -0.05) is 20.8 Å². The molecule has 3 nitrogen and oxygen atoms in total. The molecule has 1 aliphatic rings. The first-order valence-corrected chi connectivity index (χ1v) is 7.03. The monoisotopic (exact) mass is 261 g/mol. The summed E-state index contributed by atoms with van der Waals surface area (Å²) in [6.07, 6.45) is 0.672. The zero-order chi connectivity index (χ0) is 14.2. The molecular weight excluding hydrogens is 238 g/mol. The van der Waals surface area contributed by atoms with Crippen LogP contribution in [0.2, 0.25) is 0 Å². The third-order valence-electron chi connectivity index (χ3n) is 3.80. The molecule has 2 rings (SSSR count). The van der Waals surface area contributed by atoms with Gasteiger partial charge in [-0.2, -0.15) is 0 Å². The second-order valence-corrected chi connectivity index (χ2v) is 5.67. The van der Waals surface area contributed by atoms with Crippen LogP contribution < -0.4 is 4.90 Å². The quantitative estimate of drug-likeness (QED) is 0.817. The van der Waals surface area contributed by atoms with Crippen molar-refractivity contribution >= 4 is 11.8 Å². The Balaban J connectivity index is 2.35. The van der Waals surface area contributed by atoms with E-state index in [9.17, 15) is 4.79 Å². The maximum atomic E-state index is 11.9. The van der Waals surface area contributed by atoms with E-state index in [2.05, 4.69) is 39.8 Å². The van der Waals surface area contributed by atoms with Crippen LogP contribution in [0.3, 0.4) is 0 Å². The molecule has 1 unspecified atom stereocenters. The fourth-order valence-corrected chi connectivity index (χ4v) is 2.96. The Bertz CT molecular complexity index is 471. The Labute approximate surface area is 115 Å². The molecule has 0 spiro atoms. The maximum Gasteiger partial charge on any atom is 0.414 e. The average molecular weight is 261 g/mol. The number of amides is 1. The highest BCUT2D eigenvalue weighted by atomic mass is 16.6. The van der Waals surface area contributed by atoms with E-state index in [0.29, 0.717) is 12.5 Å². The summed E-state index contributed by atoms with van der Waals surface area (Å²) >= 11 is 0. The number of hydrogen-bond donors (Lipinski definition) is 0. The normalized spacial score (nSPS) is 19.2. The lowest BCUT2D eigenvalue weighted by Crippen LogP contribution is -2.24. The van der Waals surface area contributed by atoms with Gasteiger partial charge in [0.1, 0.15) is 6.10 Å². The van der Waals surface area contributed by atoms with Crippen LogP contribution in [0.5, 0.6) is 0 Å². The van der Waals surface area contributed by atoms with Crippen molar-refractivity contribution in [1.82, 2.24) is 0 Å². The molecule has 0 N–H and O–H groups in total. The van der Waals surface area contributed by atoms with E-state index in [1.54, 1.807) is 4.90 Å². The zero-order valence-electron chi connectivity index (χ0n) is 12.5. The molecule has 19 heavy (non-hydrogen) atoms. The molecule has 0 radical (unpaired) electrons. The first-order chi connectivity index (χ1) is 8.93. The molecule has 1 fully saturated rings. The molecule has 104 valence electrons. The van der Waals surface area contributed by atoms with Crippen molar-refractivity contribution in [2.24, 2.45) is 0 Å². The first-order valence-electron chi connectivity index (χ1n) is 7.03. The lowest BCUT2D eigenvalue weighted by Gasteiger charge is -2.19. The van der Waals surface area contributed by atoms with E-state index in [-0.39, 0.29) is 12.2 Å². The minimum absolute atomic E-state index is 0.0258. The summed E-state index contributed by atoms with van der Waals surface area (Å²) in [5, 5.41) is 0. The highest BCUT2D eigenvalue weighted by Crippen LogP contribution is 2.30. The average Bonchev–Trinajstić information content (AvgIpc) is 2.69. The SMILES string of the molecule is CCC1CN(c2cc(C)c(C(C)C)c(C)c2)C(=O)O1. The van der Waals surface area contributed by atoms with Crippen LogP contribution in [0, 0.1) is 13.8 Å². The number of ether oxygens (including phenoxy) is 1. The lowest BCUT2D eigenvalue weighted by atomic mass is 9.92. The maximum absolute atomic E-state index is 11.9. The molecule has 1 aromatic carbocycles. The van der Waals surface area contributed by atoms with Gasteiger partial charge in [-0.25, -0.2) is 4.79 Å². The molecule has 0 saturated carbocycles. The van der Waals surface area contributed by atoms with Crippen LogP contribution in [0.1, 0.15) is 49.8 Å². The molecule has 0 aromatic heterocycles. The summed E-state index contributed by atoms with van der Waals surface area (Å²) in [5.74, 6) is 0.503. The number of benzene rings is 1. The predicted octanol–water partition coefficient (Wildman–Crippen LogP) is 4.16. The summed E-state index contributed by atoms with van der Waals surface area (Å²) in [4.78, 5) is 13.6. The molecule has 1 aliphatic heterocycles. The molecule has 3 heteroatoms. The van der Waals surface area contributed by atoms with Crippen LogP contribution in [0.15, 0.2) is 12.1 Å².